The van der Waals surface area contributed by atoms with Crippen LogP contribution in [-0.2, 0) is 9.47 Å². The Morgan fingerprint density at radius 1 is 1.35 bits per heavy atom. The summed E-state index contributed by atoms with van der Waals surface area (Å²) in [7, 11) is 1.39. The van der Waals surface area contributed by atoms with Gasteiger partial charge < -0.3 is 14.2 Å². The molecule has 0 saturated heterocycles. The van der Waals surface area contributed by atoms with Crippen LogP contribution in [-0.4, -0.2) is 30.3 Å². The minimum absolute atomic E-state index is 0.124. The van der Waals surface area contributed by atoms with E-state index in [0.29, 0.717) is 6.61 Å². The van der Waals surface area contributed by atoms with Gasteiger partial charge >= 0.3 is 6.09 Å². The quantitative estimate of drug-likeness (QED) is 0.309. The molecule has 144 valence electrons. The Labute approximate surface area is 153 Å². The highest BCUT2D eigenvalue weighted by Crippen LogP contribution is 2.36. The normalized spacial score (nSPS) is 10.8. The lowest BCUT2D eigenvalue weighted by atomic mass is 10.1. The highest BCUT2D eigenvalue weighted by Gasteiger charge is 2.24. The number of nitrogens with one attached hydrogen (secondary N) is 1. The fourth-order valence-electron chi connectivity index (χ4n) is 2.04. The first-order chi connectivity index (χ1) is 12.1. The number of benzene rings is 1. The van der Waals surface area contributed by atoms with E-state index in [1.54, 1.807) is 20.8 Å². The lowest BCUT2D eigenvalue weighted by Crippen LogP contribution is -2.27. The zero-order chi connectivity index (χ0) is 19.9. The smallest absolute Gasteiger partial charge is 0.412 e. The average Bonchev–Trinajstić information content (AvgIpc) is 2.52. The van der Waals surface area contributed by atoms with Crippen LogP contribution >= 0.6 is 0 Å². The Morgan fingerprint density at radius 2 is 2.00 bits per heavy atom. The summed E-state index contributed by atoms with van der Waals surface area (Å²) in [6.07, 6.45) is 0.996. The first-order valence-corrected chi connectivity index (χ1v) is 8.27. The maximum absolute atomic E-state index is 12.0. The van der Waals surface area contributed by atoms with Gasteiger partial charge in [0.25, 0.3) is 5.69 Å². The van der Waals surface area contributed by atoms with Crippen molar-refractivity contribution >= 4 is 23.2 Å². The summed E-state index contributed by atoms with van der Waals surface area (Å²) in [4.78, 5) is 22.9. The first-order valence-electron chi connectivity index (χ1n) is 8.27. The summed E-state index contributed by atoms with van der Waals surface area (Å²) in [5, 5.41) is 13.9. The lowest BCUT2D eigenvalue weighted by molar-refractivity contribution is -0.385. The zero-order valence-electron chi connectivity index (χ0n) is 15.9. The molecule has 0 fully saturated rings. The van der Waals surface area contributed by atoms with Crippen LogP contribution in [0.25, 0.3) is 5.76 Å². The summed E-state index contributed by atoms with van der Waals surface area (Å²) in [5.41, 5.74) is -0.639. The van der Waals surface area contributed by atoms with E-state index in [2.05, 4.69) is 11.9 Å². The van der Waals surface area contributed by atoms with E-state index in [9.17, 15) is 14.9 Å². The predicted molar refractivity (Wildman–Crippen MR) is 99.4 cm³/mol. The highest BCUT2D eigenvalue weighted by molar-refractivity contribution is 5.89. The number of anilines is 1. The monoisotopic (exact) mass is 366 g/mol. The van der Waals surface area contributed by atoms with Gasteiger partial charge in [0.2, 0.25) is 0 Å². The van der Waals surface area contributed by atoms with Crippen molar-refractivity contribution < 1.29 is 23.9 Å². The van der Waals surface area contributed by atoms with Crippen molar-refractivity contribution in [3.8, 4) is 5.75 Å². The van der Waals surface area contributed by atoms with E-state index in [4.69, 9.17) is 14.2 Å². The third-order valence-corrected chi connectivity index (χ3v) is 3.22. The molecule has 8 heteroatoms. The molecule has 0 aliphatic heterocycles. The van der Waals surface area contributed by atoms with Gasteiger partial charge in [-0.05, 0) is 27.2 Å². The van der Waals surface area contributed by atoms with Crippen molar-refractivity contribution in [2.45, 2.75) is 46.1 Å². The molecular formula is C18H26N2O6. The SMILES string of the molecule is C=C(OCCCC)c1cc(OC)c(NC(=O)OC(C)(C)C)cc1[N+](=O)[O-]. The third kappa shape index (κ3) is 6.27. The van der Waals surface area contributed by atoms with Crippen LogP contribution in [0, 0.1) is 10.1 Å². The van der Waals surface area contributed by atoms with Crippen molar-refractivity contribution in [2.75, 3.05) is 19.0 Å². The van der Waals surface area contributed by atoms with Crippen LogP contribution in [0.15, 0.2) is 18.7 Å². The van der Waals surface area contributed by atoms with E-state index < -0.39 is 16.6 Å². The summed E-state index contributed by atoms with van der Waals surface area (Å²) in [6, 6.07) is 2.62. The summed E-state index contributed by atoms with van der Waals surface area (Å²) < 4.78 is 15.9. The molecule has 0 aliphatic rings. The van der Waals surface area contributed by atoms with E-state index in [1.807, 2.05) is 6.92 Å². The van der Waals surface area contributed by atoms with Gasteiger partial charge in [0.05, 0.1) is 29.9 Å². The van der Waals surface area contributed by atoms with Crippen molar-refractivity contribution in [1.29, 1.82) is 0 Å². The fourth-order valence-corrected chi connectivity index (χ4v) is 2.04. The van der Waals surface area contributed by atoms with Crippen LogP contribution in [0.3, 0.4) is 0 Å². The Hall–Kier alpha value is -2.77. The minimum Gasteiger partial charge on any atom is -0.495 e. The molecule has 1 rings (SSSR count). The summed E-state index contributed by atoms with van der Waals surface area (Å²) in [5.74, 6) is 0.406. The summed E-state index contributed by atoms with van der Waals surface area (Å²) in [6.45, 7) is 11.3. The third-order valence-electron chi connectivity index (χ3n) is 3.22. The number of unbranched alkanes of at least 4 members (excludes halogenated alkanes) is 1. The second kappa shape index (κ2) is 9.07. The topological polar surface area (TPSA) is 99.9 Å². The van der Waals surface area contributed by atoms with E-state index in [-0.39, 0.29) is 28.4 Å². The number of carbonyl (C=O) groups is 1. The number of nitro groups is 1. The molecule has 0 radical (unpaired) electrons. The van der Waals surface area contributed by atoms with Crippen LogP contribution in [0.4, 0.5) is 16.2 Å². The molecule has 0 saturated carbocycles. The Morgan fingerprint density at radius 3 is 2.50 bits per heavy atom. The molecule has 0 aromatic heterocycles. The largest absolute Gasteiger partial charge is 0.495 e. The van der Waals surface area contributed by atoms with Gasteiger partial charge in [0.1, 0.15) is 17.1 Å². The molecule has 0 heterocycles. The molecule has 0 aliphatic carbocycles. The Kier molecular flexibility index (Phi) is 7.42. The standard InChI is InChI=1S/C18H26N2O6/c1-7-8-9-25-12(2)13-10-16(24-6)14(11-15(13)20(22)23)19-17(21)26-18(3,4)5/h10-11H,2,7-9H2,1,3-6H3,(H,19,21). The number of carbonyl (C=O) groups excluding carboxylic acids is 1. The molecular weight excluding hydrogens is 340 g/mol. The van der Waals surface area contributed by atoms with Gasteiger partial charge in [-0.3, -0.25) is 15.4 Å². The van der Waals surface area contributed by atoms with Crippen molar-refractivity contribution in [2.24, 2.45) is 0 Å². The highest BCUT2D eigenvalue weighted by atomic mass is 16.6. The number of nitrogens with zero attached hydrogens (tertiary/aromatic N) is 1. The number of methoxy groups -OCH3 is 1. The number of amides is 1. The number of nitro benzene ring substituents is 1. The molecule has 0 bridgehead atoms. The van der Waals surface area contributed by atoms with Gasteiger partial charge in [0.15, 0.2) is 0 Å². The van der Waals surface area contributed by atoms with Gasteiger partial charge in [0, 0.05) is 12.1 Å². The summed E-state index contributed by atoms with van der Waals surface area (Å²) >= 11 is 0. The van der Waals surface area contributed by atoms with E-state index >= 15 is 0 Å². The minimum atomic E-state index is -0.740. The van der Waals surface area contributed by atoms with Gasteiger partial charge in [-0.2, -0.15) is 0 Å². The lowest BCUT2D eigenvalue weighted by Gasteiger charge is -2.20. The number of hydrogen-bond acceptors (Lipinski definition) is 6. The molecule has 1 aromatic rings. The van der Waals surface area contributed by atoms with Crippen LogP contribution in [0.5, 0.6) is 5.75 Å². The number of ether oxygens (including phenoxy) is 3. The molecule has 8 nitrogen and oxygen atoms in total. The fraction of sp³-hybridized carbons (Fsp3) is 0.500. The predicted octanol–water partition coefficient (Wildman–Crippen LogP) is 4.74. The molecule has 0 spiro atoms. The number of rotatable bonds is 8. The number of hydrogen-bond donors (Lipinski definition) is 1. The maximum atomic E-state index is 12.0. The van der Waals surface area contributed by atoms with Gasteiger partial charge in [-0.15, -0.1) is 0 Å². The Bertz CT molecular complexity index is 679. The molecule has 0 unspecified atom stereocenters. The maximum Gasteiger partial charge on any atom is 0.412 e. The van der Waals surface area contributed by atoms with Gasteiger partial charge in [-0.1, -0.05) is 19.9 Å². The zero-order valence-corrected chi connectivity index (χ0v) is 15.9. The van der Waals surface area contributed by atoms with Crippen molar-refractivity contribution in [3.05, 3.63) is 34.4 Å². The molecule has 1 aromatic carbocycles. The van der Waals surface area contributed by atoms with Crippen LogP contribution in [0.2, 0.25) is 0 Å². The first kappa shape index (κ1) is 21.3. The Balaban J connectivity index is 3.18. The molecule has 26 heavy (non-hydrogen) atoms. The van der Waals surface area contributed by atoms with Crippen LogP contribution < -0.4 is 10.1 Å². The van der Waals surface area contributed by atoms with Crippen molar-refractivity contribution in [1.82, 2.24) is 0 Å². The molecule has 1 N–H and O–H groups in total. The van der Waals surface area contributed by atoms with Gasteiger partial charge in [-0.25, -0.2) is 4.79 Å². The second-order valence-electron chi connectivity index (χ2n) is 6.58. The van der Waals surface area contributed by atoms with E-state index in [1.165, 1.54) is 19.2 Å². The van der Waals surface area contributed by atoms with Crippen LogP contribution in [0.1, 0.15) is 46.1 Å². The average molecular weight is 366 g/mol. The van der Waals surface area contributed by atoms with E-state index in [0.717, 1.165) is 12.8 Å². The molecule has 1 amide bonds. The second-order valence-corrected chi connectivity index (χ2v) is 6.58. The van der Waals surface area contributed by atoms with Crippen molar-refractivity contribution in [3.63, 3.8) is 0 Å². The molecule has 0 atom stereocenters.